The molecule has 0 fully saturated rings. The SMILES string of the molecule is Cc1cccc(N(CC(=O)Nc2ccccc2Oc2ccccc2)S(C)(=O)=O)c1C. The van der Waals surface area contributed by atoms with Crippen molar-refractivity contribution in [3.05, 3.63) is 83.9 Å². The highest BCUT2D eigenvalue weighted by Gasteiger charge is 2.23. The quantitative estimate of drug-likeness (QED) is 0.606. The molecule has 0 bridgehead atoms. The molecule has 0 saturated heterocycles. The van der Waals surface area contributed by atoms with E-state index in [1.807, 2.05) is 50.2 Å². The van der Waals surface area contributed by atoms with Gasteiger partial charge in [0.15, 0.2) is 5.75 Å². The molecular formula is C23H24N2O4S. The second-order valence-corrected chi connectivity index (χ2v) is 8.85. The van der Waals surface area contributed by atoms with Crippen LogP contribution in [-0.4, -0.2) is 27.1 Å². The third-order valence-corrected chi connectivity index (χ3v) is 5.79. The van der Waals surface area contributed by atoms with E-state index >= 15 is 0 Å². The number of hydrogen-bond acceptors (Lipinski definition) is 4. The summed E-state index contributed by atoms with van der Waals surface area (Å²) < 4.78 is 31.8. The second kappa shape index (κ2) is 9.00. The van der Waals surface area contributed by atoms with Crippen molar-refractivity contribution in [1.29, 1.82) is 0 Å². The summed E-state index contributed by atoms with van der Waals surface area (Å²) in [6, 6.07) is 21.6. The summed E-state index contributed by atoms with van der Waals surface area (Å²) in [6.45, 7) is 3.39. The van der Waals surface area contributed by atoms with Gasteiger partial charge in [-0.1, -0.05) is 42.5 Å². The van der Waals surface area contributed by atoms with Crippen LogP contribution in [0.1, 0.15) is 11.1 Å². The Morgan fingerprint density at radius 1 is 0.933 bits per heavy atom. The van der Waals surface area contributed by atoms with Gasteiger partial charge in [-0.3, -0.25) is 9.10 Å². The van der Waals surface area contributed by atoms with Crippen LogP contribution in [0.5, 0.6) is 11.5 Å². The molecule has 7 heteroatoms. The molecule has 0 aliphatic heterocycles. The standard InChI is InChI=1S/C23H24N2O4S/c1-17-10-9-14-21(18(17)2)25(30(3,27)28)16-23(26)24-20-13-7-8-15-22(20)29-19-11-5-4-6-12-19/h4-15H,16H2,1-3H3,(H,24,26). The predicted molar refractivity (Wildman–Crippen MR) is 120 cm³/mol. The Morgan fingerprint density at radius 2 is 1.60 bits per heavy atom. The molecule has 3 rings (SSSR count). The highest BCUT2D eigenvalue weighted by atomic mass is 32.2. The van der Waals surface area contributed by atoms with Gasteiger partial charge in [0.25, 0.3) is 0 Å². The molecule has 1 amide bonds. The Hall–Kier alpha value is -3.32. The highest BCUT2D eigenvalue weighted by Crippen LogP contribution is 2.30. The maximum Gasteiger partial charge on any atom is 0.245 e. The summed E-state index contributed by atoms with van der Waals surface area (Å²) in [5.41, 5.74) is 2.70. The van der Waals surface area contributed by atoms with Gasteiger partial charge in [-0.25, -0.2) is 8.42 Å². The molecule has 6 nitrogen and oxygen atoms in total. The maximum absolute atomic E-state index is 12.8. The summed E-state index contributed by atoms with van der Waals surface area (Å²) >= 11 is 0. The zero-order valence-electron chi connectivity index (χ0n) is 17.1. The zero-order valence-corrected chi connectivity index (χ0v) is 17.9. The van der Waals surface area contributed by atoms with Crippen molar-refractivity contribution in [1.82, 2.24) is 0 Å². The Balaban J connectivity index is 1.83. The fraction of sp³-hybridized carbons (Fsp3) is 0.174. The number of benzene rings is 3. The third kappa shape index (κ3) is 5.18. The molecule has 1 N–H and O–H groups in total. The van der Waals surface area contributed by atoms with Gasteiger partial charge in [0.2, 0.25) is 15.9 Å². The minimum atomic E-state index is -3.66. The van der Waals surface area contributed by atoms with Gasteiger partial charge >= 0.3 is 0 Å². The molecule has 0 aliphatic carbocycles. The van der Waals surface area contributed by atoms with Gasteiger partial charge in [-0.05, 0) is 55.3 Å². The van der Waals surface area contributed by atoms with E-state index in [2.05, 4.69) is 5.32 Å². The van der Waals surface area contributed by atoms with E-state index in [0.29, 0.717) is 22.9 Å². The lowest BCUT2D eigenvalue weighted by molar-refractivity contribution is -0.114. The Morgan fingerprint density at radius 3 is 2.30 bits per heavy atom. The van der Waals surface area contributed by atoms with Crippen molar-refractivity contribution in [3.8, 4) is 11.5 Å². The van der Waals surface area contributed by atoms with Gasteiger partial charge in [0.05, 0.1) is 17.6 Å². The number of para-hydroxylation sites is 3. The molecule has 0 aliphatic rings. The van der Waals surface area contributed by atoms with Gasteiger partial charge in [0.1, 0.15) is 12.3 Å². The van der Waals surface area contributed by atoms with Crippen molar-refractivity contribution >= 4 is 27.3 Å². The van der Waals surface area contributed by atoms with E-state index in [9.17, 15) is 13.2 Å². The van der Waals surface area contributed by atoms with Crippen molar-refractivity contribution < 1.29 is 17.9 Å². The lowest BCUT2D eigenvalue weighted by Crippen LogP contribution is -2.38. The van der Waals surface area contributed by atoms with E-state index in [0.717, 1.165) is 21.7 Å². The van der Waals surface area contributed by atoms with Crippen LogP contribution < -0.4 is 14.4 Å². The molecule has 0 aromatic heterocycles. The van der Waals surface area contributed by atoms with Crippen LogP contribution in [0.25, 0.3) is 0 Å². The number of rotatable bonds is 7. The smallest absolute Gasteiger partial charge is 0.245 e. The molecule has 0 radical (unpaired) electrons. The summed E-state index contributed by atoms with van der Waals surface area (Å²) in [5, 5.41) is 2.77. The van der Waals surface area contributed by atoms with E-state index < -0.39 is 15.9 Å². The van der Waals surface area contributed by atoms with Crippen LogP contribution in [0.3, 0.4) is 0 Å². The van der Waals surface area contributed by atoms with E-state index in [-0.39, 0.29) is 6.54 Å². The van der Waals surface area contributed by atoms with E-state index in [4.69, 9.17) is 4.74 Å². The first-order chi connectivity index (χ1) is 14.3. The number of anilines is 2. The molecule has 156 valence electrons. The largest absolute Gasteiger partial charge is 0.455 e. The number of nitrogens with zero attached hydrogens (tertiary/aromatic N) is 1. The number of aryl methyl sites for hydroxylation is 1. The van der Waals surface area contributed by atoms with Crippen LogP contribution in [0.4, 0.5) is 11.4 Å². The van der Waals surface area contributed by atoms with Crippen LogP contribution >= 0.6 is 0 Å². The Bertz CT molecular complexity index is 1140. The van der Waals surface area contributed by atoms with E-state index in [1.54, 1.807) is 36.4 Å². The average molecular weight is 425 g/mol. The first-order valence-electron chi connectivity index (χ1n) is 9.41. The zero-order chi connectivity index (χ0) is 21.7. The summed E-state index contributed by atoms with van der Waals surface area (Å²) in [6.07, 6.45) is 1.09. The first-order valence-corrected chi connectivity index (χ1v) is 11.3. The number of hydrogen-bond donors (Lipinski definition) is 1. The molecule has 3 aromatic carbocycles. The van der Waals surface area contributed by atoms with Crippen LogP contribution in [-0.2, 0) is 14.8 Å². The number of carbonyl (C=O) groups is 1. The topological polar surface area (TPSA) is 75.7 Å². The fourth-order valence-corrected chi connectivity index (χ4v) is 3.89. The summed E-state index contributed by atoms with van der Waals surface area (Å²) in [7, 11) is -3.66. The lowest BCUT2D eigenvalue weighted by Gasteiger charge is -2.24. The third-order valence-electron chi connectivity index (χ3n) is 4.66. The molecule has 0 spiro atoms. The molecule has 0 saturated carbocycles. The Labute approximate surface area is 177 Å². The van der Waals surface area contributed by atoms with Gasteiger partial charge in [-0.2, -0.15) is 0 Å². The molecule has 0 heterocycles. The van der Waals surface area contributed by atoms with E-state index in [1.165, 1.54) is 0 Å². The van der Waals surface area contributed by atoms with Crippen molar-refractivity contribution in [2.75, 3.05) is 22.4 Å². The Kier molecular flexibility index (Phi) is 6.42. The molecule has 30 heavy (non-hydrogen) atoms. The normalized spacial score (nSPS) is 11.0. The summed E-state index contributed by atoms with van der Waals surface area (Å²) in [4.78, 5) is 12.8. The predicted octanol–water partition coefficient (Wildman–Crippen LogP) is 4.50. The van der Waals surface area contributed by atoms with Crippen molar-refractivity contribution in [2.24, 2.45) is 0 Å². The van der Waals surface area contributed by atoms with Crippen molar-refractivity contribution in [3.63, 3.8) is 0 Å². The second-order valence-electron chi connectivity index (χ2n) is 6.95. The average Bonchev–Trinajstić information content (AvgIpc) is 2.70. The van der Waals surface area contributed by atoms with Crippen LogP contribution in [0, 0.1) is 13.8 Å². The minimum absolute atomic E-state index is 0.344. The van der Waals surface area contributed by atoms with Crippen LogP contribution in [0.2, 0.25) is 0 Å². The van der Waals surface area contributed by atoms with Gasteiger partial charge in [-0.15, -0.1) is 0 Å². The highest BCUT2D eigenvalue weighted by molar-refractivity contribution is 7.92. The number of amides is 1. The van der Waals surface area contributed by atoms with Crippen LogP contribution in [0.15, 0.2) is 72.8 Å². The van der Waals surface area contributed by atoms with Gasteiger partial charge in [0, 0.05) is 0 Å². The maximum atomic E-state index is 12.8. The number of sulfonamides is 1. The monoisotopic (exact) mass is 424 g/mol. The first kappa shape index (κ1) is 21.4. The van der Waals surface area contributed by atoms with Gasteiger partial charge < -0.3 is 10.1 Å². The minimum Gasteiger partial charge on any atom is -0.455 e. The molecule has 0 unspecified atom stereocenters. The molecular weight excluding hydrogens is 400 g/mol. The molecule has 0 atom stereocenters. The summed E-state index contributed by atoms with van der Waals surface area (Å²) in [5.74, 6) is 0.632. The number of carbonyl (C=O) groups excluding carboxylic acids is 1. The molecule has 3 aromatic rings. The fourth-order valence-electron chi connectivity index (χ4n) is 2.98. The van der Waals surface area contributed by atoms with Crippen molar-refractivity contribution in [2.45, 2.75) is 13.8 Å². The number of ether oxygens (including phenoxy) is 1. The number of nitrogens with one attached hydrogen (secondary N) is 1. The lowest BCUT2D eigenvalue weighted by atomic mass is 10.1.